The molecule has 2 aromatic carbocycles. The van der Waals surface area contributed by atoms with Gasteiger partial charge in [0.05, 0.1) is 6.61 Å². The van der Waals surface area contributed by atoms with Gasteiger partial charge in [-0.05, 0) is 29.7 Å². The average Bonchev–Trinajstić information content (AvgIpc) is 2.53. The molecule has 1 atom stereocenters. The highest BCUT2D eigenvalue weighted by Crippen LogP contribution is 2.22. The van der Waals surface area contributed by atoms with Crippen molar-refractivity contribution in [2.24, 2.45) is 5.92 Å². The highest BCUT2D eigenvalue weighted by molar-refractivity contribution is 5.63. The van der Waals surface area contributed by atoms with Crippen molar-refractivity contribution < 1.29 is 9.84 Å². The van der Waals surface area contributed by atoms with E-state index < -0.39 is 0 Å². The van der Waals surface area contributed by atoms with E-state index in [9.17, 15) is 0 Å². The van der Waals surface area contributed by atoms with Gasteiger partial charge in [0, 0.05) is 12.5 Å². The number of aliphatic hydroxyl groups is 1. The summed E-state index contributed by atoms with van der Waals surface area (Å²) >= 11 is 0. The molecule has 104 valence electrons. The maximum atomic E-state index is 8.92. The minimum absolute atomic E-state index is 0.160. The first kappa shape index (κ1) is 14.4. The van der Waals surface area contributed by atoms with Crippen LogP contribution in [0.4, 0.5) is 0 Å². The first-order valence-electron chi connectivity index (χ1n) is 6.85. The maximum absolute atomic E-state index is 8.92. The molecule has 0 heterocycles. The lowest BCUT2D eigenvalue weighted by molar-refractivity contribution is 0.221. The third-order valence-corrected chi connectivity index (χ3v) is 3.26. The topological polar surface area (TPSA) is 29.5 Å². The van der Waals surface area contributed by atoms with E-state index in [1.165, 1.54) is 11.1 Å². The molecule has 1 N–H and O–H groups in total. The predicted octanol–water partition coefficient (Wildman–Crippen LogP) is 3.92. The lowest BCUT2D eigenvalue weighted by Crippen LogP contribution is -2.11. The second kappa shape index (κ2) is 7.51. The van der Waals surface area contributed by atoms with Gasteiger partial charge in [-0.2, -0.15) is 0 Å². The molecule has 2 heteroatoms. The van der Waals surface area contributed by atoms with Crippen molar-refractivity contribution in [3.63, 3.8) is 0 Å². The molecule has 1 unspecified atom stereocenters. The Hall–Kier alpha value is -2.06. The molecular weight excluding hydrogens is 248 g/mol. The quantitative estimate of drug-likeness (QED) is 0.771. The third-order valence-electron chi connectivity index (χ3n) is 3.26. The lowest BCUT2D eigenvalue weighted by atomic mass is 10.1. The molecule has 0 aliphatic rings. The molecule has 0 fully saturated rings. The molecule has 0 aliphatic heterocycles. The van der Waals surface area contributed by atoms with E-state index in [0.29, 0.717) is 13.0 Å². The summed E-state index contributed by atoms with van der Waals surface area (Å²) in [6.45, 7) is 4.46. The van der Waals surface area contributed by atoms with Crippen LogP contribution in [0.1, 0.15) is 6.42 Å². The highest BCUT2D eigenvalue weighted by atomic mass is 16.5. The lowest BCUT2D eigenvalue weighted by Gasteiger charge is -2.13. The van der Waals surface area contributed by atoms with Gasteiger partial charge in [-0.1, -0.05) is 48.5 Å². The van der Waals surface area contributed by atoms with Crippen LogP contribution in [0.3, 0.4) is 0 Å². The zero-order chi connectivity index (χ0) is 14.2. The zero-order valence-corrected chi connectivity index (χ0v) is 11.5. The summed E-state index contributed by atoms with van der Waals surface area (Å²) in [6.07, 6.45) is 2.51. The second-order valence-electron chi connectivity index (χ2n) is 4.71. The fourth-order valence-electron chi connectivity index (χ4n) is 2.01. The first-order chi connectivity index (χ1) is 9.83. The van der Waals surface area contributed by atoms with Crippen molar-refractivity contribution in [1.82, 2.24) is 0 Å². The van der Waals surface area contributed by atoms with Crippen molar-refractivity contribution >= 4 is 0 Å². The summed E-state index contributed by atoms with van der Waals surface area (Å²) in [7, 11) is 0. The first-order valence-corrected chi connectivity index (χ1v) is 6.85. The number of hydrogen-bond donors (Lipinski definition) is 1. The predicted molar refractivity (Wildman–Crippen MR) is 82.8 cm³/mol. The molecule has 0 aromatic heterocycles. The Bertz CT molecular complexity index is 517. The SMILES string of the molecule is C=CC(CCO)COc1ccc(-c2ccccc2)cc1. The van der Waals surface area contributed by atoms with Gasteiger partial charge in [-0.25, -0.2) is 0 Å². The van der Waals surface area contributed by atoms with Gasteiger partial charge in [-0.15, -0.1) is 6.58 Å². The molecule has 0 bridgehead atoms. The Balaban J connectivity index is 1.97. The largest absolute Gasteiger partial charge is 0.493 e. The van der Waals surface area contributed by atoms with Gasteiger partial charge in [-0.3, -0.25) is 0 Å². The van der Waals surface area contributed by atoms with Crippen molar-refractivity contribution in [3.05, 3.63) is 67.3 Å². The Morgan fingerprint density at radius 1 is 1.00 bits per heavy atom. The van der Waals surface area contributed by atoms with Crippen LogP contribution in [-0.4, -0.2) is 18.3 Å². The Morgan fingerprint density at radius 2 is 1.65 bits per heavy atom. The smallest absolute Gasteiger partial charge is 0.119 e. The van der Waals surface area contributed by atoms with Crippen LogP contribution < -0.4 is 4.74 Å². The molecule has 0 amide bonds. The van der Waals surface area contributed by atoms with Crippen molar-refractivity contribution in [3.8, 4) is 16.9 Å². The van der Waals surface area contributed by atoms with Gasteiger partial charge in [0.1, 0.15) is 5.75 Å². The Kier molecular flexibility index (Phi) is 5.39. The van der Waals surface area contributed by atoms with E-state index in [0.717, 1.165) is 5.75 Å². The van der Waals surface area contributed by atoms with Crippen LogP contribution in [0.15, 0.2) is 67.3 Å². The molecule has 2 rings (SSSR count). The minimum atomic E-state index is 0.160. The summed E-state index contributed by atoms with van der Waals surface area (Å²) in [6, 6.07) is 18.3. The van der Waals surface area contributed by atoms with E-state index in [2.05, 4.69) is 30.8 Å². The number of rotatable bonds is 7. The van der Waals surface area contributed by atoms with Crippen LogP contribution in [0.25, 0.3) is 11.1 Å². The van der Waals surface area contributed by atoms with E-state index in [-0.39, 0.29) is 12.5 Å². The molecule has 0 spiro atoms. The number of ether oxygens (including phenoxy) is 1. The fourth-order valence-corrected chi connectivity index (χ4v) is 2.01. The summed E-state index contributed by atoms with van der Waals surface area (Å²) in [5.41, 5.74) is 2.37. The van der Waals surface area contributed by atoms with Gasteiger partial charge in [0.25, 0.3) is 0 Å². The van der Waals surface area contributed by atoms with Crippen molar-refractivity contribution in [2.45, 2.75) is 6.42 Å². The molecule has 2 aromatic rings. The van der Waals surface area contributed by atoms with Crippen LogP contribution >= 0.6 is 0 Å². The fraction of sp³-hybridized carbons (Fsp3) is 0.222. The molecule has 20 heavy (non-hydrogen) atoms. The van der Waals surface area contributed by atoms with Crippen LogP contribution in [0, 0.1) is 5.92 Å². The second-order valence-corrected chi connectivity index (χ2v) is 4.71. The molecular formula is C18H20O2. The molecule has 0 saturated carbocycles. The number of hydrogen-bond acceptors (Lipinski definition) is 2. The van der Waals surface area contributed by atoms with Crippen LogP contribution in [0.5, 0.6) is 5.75 Å². The van der Waals surface area contributed by atoms with Crippen molar-refractivity contribution in [2.75, 3.05) is 13.2 Å². The summed E-state index contributed by atoms with van der Waals surface area (Å²) in [5, 5.41) is 8.92. The summed E-state index contributed by atoms with van der Waals surface area (Å²) in [4.78, 5) is 0. The molecule has 0 aliphatic carbocycles. The van der Waals surface area contributed by atoms with Crippen LogP contribution in [-0.2, 0) is 0 Å². The molecule has 0 radical (unpaired) electrons. The van der Waals surface area contributed by atoms with Gasteiger partial charge >= 0.3 is 0 Å². The third kappa shape index (κ3) is 3.97. The van der Waals surface area contributed by atoms with Crippen LogP contribution in [0.2, 0.25) is 0 Å². The standard InChI is InChI=1S/C18H20O2/c1-2-15(12-13-19)14-20-18-10-8-17(9-11-18)16-6-4-3-5-7-16/h2-11,15,19H,1,12-14H2. The number of aliphatic hydroxyl groups excluding tert-OH is 1. The zero-order valence-electron chi connectivity index (χ0n) is 11.5. The van der Waals surface area contributed by atoms with E-state index >= 15 is 0 Å². The van der Waals surface area contributed by atoms with Gasteiger partial charge in [0.2, 0.25) is 0 Å². The average molecular weight is 268 g/mol. The van der Waals surface area contributed by atoms with Crippen molar-refractivity contribution in [1.29, 1.82) is 0 Å². The van der Waals surface area contributed by atoms with E-state index in [4.69, 9.17) is 9.84 Å². The summed E-state index contributed by atoms with van der Waals surface area (Å²) < 4.78 is 5.72. The van der Waals surface area contributed by atoms with E-state index in [1.807, 2.05) is 36.4 Å². The van der Waals surface area contributed by atoms with Gasteiger partial charge < -0.3 is 9.84 Å². The minimum Gasteiger partial charge on any atom is -0.493 e. The van der Waals surface area contributed by atoms with Gasteiger partial charge in [0.15, 0.2) is 0 Å². The number of benzene rings is 2. The highest BCUT2D eigenvalue weighted by Gasteiger charge is 2.05. The molecule has 2 nitrogen and oxygen atoms in total. The summed E-state index contributed by atoms with van der Waals surface area (Å²) in [5.74, 6) is 1.03. The Labute approximate surface area is 120 Å². The maximum Gasteiger partial charge on any atom is 0.119 e. The Morgan fingerprint density at radius 3 is 2.25 bits per heavy atom. The monoisotopic (exact) mass is 268 g/mol. The molecule has 0 saturated heterocycles. The normalized spacial score (nSPS) is 11.8. The van der Waals surface area contributed by atoms with E-state index in [1.54, 1.807) is 0 Å².